The molecule has 0 radical (unpaired) electrons. The second-order valence-electron chi connectivity index (χ2n) is 4.62. The maximum Gasteiger partial charge on any atom is 0.338 e. The number of esters is 1. The molecule has 3 N–H and O–H groups in total. The zero-order valence-corrected chi connectivity index (χ0v) is 13.3. The van der Waals surface area contributed by atoms with Crippen molar-refractivity contribution in [3.05, 3.63) is 45.1 Å². The molecule has 114 valence electrons. The van der Waals surface area contributed by atoms with Gasteiger partial charge in [-0.1, -0.05) is 17.7 Å². The summed E-state index contributed by atoms with van der Waals surface area (Å²) in [6, 6.07) is 3.41. The SMILES string of the molecule is COCC(N)=C(Cl)C(=N)c1cc(C(=O)OC)c(C)cc1C. The number of carbonyl (C=O) groups is 1. The number of rotatable bonds is 5. The van der Waals surface area contributed by atoms with Crippen LogP contribution in [0.4, 0.5) is 0 Å². The monoisotopic (exact) mass is 310 g/mol. The van der Waals surface area contributed by atoms with E-state index in [4.69, 9.17) is 32.2 Å². The van der Waals surface area contributed by atoms with Gasteiger partial charge >= 0.3 is 5.97 Å². The number of benzene rings is 1. The van der Waals surface area contributed by atoms with Gasteiger partial charge in [-0.05, 0) is 31.0 Å². The Morgan fingerprint density at radius 2 is 1.81 bits per heavy atom. The molecule has 0 aliphatic heterocycles. The van der Waals surface area contributed by atoms with Crippen molar-refractivity contribution >= 4 is 23.3 Å². The average molecular weight is 311 g/mol. The highest BCUT2D eigenvalue weighted by molar-refractivity contribution is 6.46. The molecule has 0 aromatic heterocycles. The van der Waals surface area contributed by atoms with Gasteiger partial charge in [0.1, 0.15) is 0 Å². The Morgan fingerprint density at radius 3 is 2.33 bits per heavy atom. The van der Waals surface area contributed by atoms with Crippen LogP contribution in [0, 0.1) is 19.3 Å². The van der Waals surface area contributed by atoms with Crippen LogP contribution in [0.3, 0.4) is 0 Å². The van der Waals surface area contributed by atoms with Gasteiger partial charge in [-0.2, -0.15) is 0 Å². The topological polar surface area (TPSA) is 85.4 Å². The highest BCUT2D eigenvalue weighted by Gasteiger charge is 2.17. The third kappa shape index (κ3) is 3.83. The molecule has 1 aromatic rings. The quantitative estimate of drug-likeness (QED) is 0.646. The van der Waals surface area contributed by atoms with Crippen LogP contribution < -0.4 is 5.73 Å². The van der Waals surface area contributed by atoms with E-state index in [1.807, 2.05) is 19.9 Å². The Kier molecular flexibility index (Phi) is 5.93. The summed E-state index contributed by atoms with van der Waals surface area (Å²) in [6.45, 7) is 3.79. The van der Waals surface area contributed by atoms with Crippen molar-refractivity contribution in [3.63, 3.8) is 0 Å². The second kappa shape index (κ2) is 7.24. The Balaban J connectivity index is 3.34. The number of nitrogens with one attached hydrogen (secondary N) is 1. The molecule has 1 aromatic carbocycles. The molecule has 0 spiro atoms. The summed E-state index contributed by atoms with van der Waals surface area (Å²) in [7, 11) is 2.81. The molecule has 0 saturated carbocycles. The number of hydrogen-bond donors (Lipinski definition) is 2. The van der Waals surface area contributed by atoms with Crippen molar-refractivity contribution < 1.29 is 14.3 Å². The third-order valence-corrected chi connectivity index (χ3v) is 3.48. The number of hydrogen-bond acceptors (Lipinski definition) is 5. The molecule has 0 aliphatic carbocycles. The average Bonchev–Trinajstić information content (AvgIpc) is 2.45. The summed E-state index contributed by atoms with van der Waals surface area (Å²) in [5.74, 6) is -0.452. The summed E-state index contributed by atoms with van der Waals surface area (Å²) in [6.07, 6.45) is 0. The molecule has 0 fully saturated rings. The fourth-order valence-electron chi connectivity index (χ4n) is 1.95. The van der Waals surface area contributed by atoms with Gasteiger partial charge in [0.15, 0.2) is 0 Å². The normalized spacial score (nSPS) is 11.9. The Bertz CT molecular complexity index is 609. The summed E-state index contributed by atoms with van der Waals surface area (Å²) >= 11 is 6.11. The van der Waals surface area contributed by atoms with Gasteiger partial charge in [0.25, 0.3) is 0 Å². The molecule has 6 heteroatoms. The van der Waals surface area contributed by atoms with Gasteiger partial charge in [0.05, 0.1) is 35.7 Å². The zero-order chi connectivity index (χ0) is 16.2. The van der Waals surface area contributed by atoms with Gasteiger partial charge < -0.3 is 15.2 Å². The zero-order valence-electron chi connectivity index (χ0n) is 12.5. The molecule has 0 heterocycles. The van der Waals surface area contributed by atoms with E-state index in [-0.39, 0.29) is 23.0 Å². The second-order valence-corrected chi connectivity index (χ2v) is 5.00. The van der Waals surface area contributed by atoms with Crippen molar-refractivity contribution in [3.8, 4) is 0 Å². The number of carbonyl (C=O) groups excluding carboxylic acids is 1. The van der Waals surface area contributed by atoms with Crippen LogP contribution in [-0.2, 0) is 9.47 Å². The van der Waals surface area contributed by atoms with E-state index in [0.717, 1.165) is 11.1 Å². The minimum atomic E-state index is -0.452. The van der Waals surface area contributed by atoms with E-state index in [0.29, 0.717) is 11.1 Å². The van der Waals surface area contributed by atoms with Crippen molar-refractivity contribution in [2.75, 3.05) is 20.8 Å². The Hall–Kier alpha value is -1.85. The van der Waals surface area contributed by atoms with Crippen LogP contribution in [0.25, 0.3) is 0 Å². The predicted octanol–water partition coefficient (Wildman–Crippen LogP) is 2.51. The first-order chi connectivity index (χ1) is 9.83. The molecule has 21 heavy (non-hydrogen) atoms. The fraction of sp³-hybridized carbons (Fsp3) is 0.333. The maximum absolute atomic E-state index is 11.7. The van der Waals surface area contributed by atoms with Crippen LogP contribution in [0.1, 0.15) is 27.0 Å². The number of ether oxygens (including phenoxy) is 2. The number of allylic oxidation sites excluding steroid dienone is 1. The van der Waals surface area contributed by atoms with E-state index < -0.39 is 5.97 Å². The fourth-order valence-corrected chi connectivity index (χ4v) is 2.11. The van der Waals surface area contributed by atoms with Crippen molar-refractivity contribution in [2.45, 2.75) is 13.8 Å². The maximum atomic E-state index is 11.7. The molecule has 0 bridgehead atoms. The molecule has 0 unspecified atom stereocenters. The lowest BCUT2D eigenvalue weighted by Gasteiger charge is -2.13. The van der Waals surface area contributed by atoms with Crippen LogP contribution in [0.5, 0.6) is 0 Å². The molecule has 0 aliphatic rings. The highest BCUT2D eigenvalue weighted by atomic mass is 35.5. The van der Waals surface area contributed by atoms with Gasteiger partial charge in [-0.15, -0.1) is 0 Å². The van der Waals surface area contributed by atoms with E-state index in [1.54, 1.807) is 6.07 Å². The first kappa shape index (κ1) is 17.2. The largest absolute Gasteiger partial charge is 0.465 e. The predicted molar refractivity (Wildman–Crippen MR) is 83.0 cm³/mol. The minimum absolute atomic E-state index is 0.0499. The van der Waals surface area contributed by atoms with E-state index in [2.05, 4.69) is 0 Å². The molecular weight excluding hydrogens is 292 g/mol. The minimum Gasteiger partial charge on any atom is -0.465 e. The van der Waals surface area contributed by atoms with Crippen LogP contribution in [0.15, 0.2) is 22.9 Å². The van der Waals surface area contributed by atoms with Gasteiger partial charge in [-0.25, -0.2) is 4.79 Å². The molecule has 0 amide bonds. The third-order valence-electron chi connectivity index (χ3n) is 3.05. The number of methoxy groups -OCH3 is 2. The van der Waals surface area contributed by atoms with Gasteiger partial charge in [-0.3, -0.25) is 5.41 Å². The van der Waals surface area contributed by atoms with Gasteiger partial charge in [0.2, 0.25) is 0 Å². The van der Waals surface area contributed by atoms with Crippen LogP contribution in [0.2, 0.25) is 0 Å². The number of nitrogens with two attached hydrogens (primary N) is 1. The molecule has 5 nitrogen and oxygen atoms in total. The first-order valence-corrected chi connectivity index (χ1v) is 6.63. The summed E-state index contributed by atoms with van der Waals surface area (Å²) in [5, 5.41) is 8.28. The summed E-state index contributed by atoms with van der Waals surface area (Å²) < 4.78 is 9.64. The van der Waals surface area contributed by atoms with Crippen LogP contribution >= 0.6 is 11.6 Å². The lowest BCUT2D eigenvalue weighted by Crippen LogP contribution is -2.14. The molecule has 1 rings (SSSR count). The molecule has 0 atom stereocenters. The standard InChI is InChI=1S/C15H19ClN2O3/c1-8-5-9(2)11(15(19)21-4)6-10(8)14(18)13(16)12(17)7-20-3/h5-6,18H,7,17H2,1-4H3. The lowest BCUT2D eigenvalue weighted by molar-refractivity contribution is 0.0600. The number of aryl methyl sites for hydroxylation is 2. The van der Waals surface area contributed by atoms with Crippen molar-refractivity contribution in [1.82, 2.24) is 0 Å². The van der Waals surface area contributed by atoms with E-state index in [9.17, 15) is 4.79 Å². The summed E-state index contributed by atoms with van der Waals surface area (Å²) in [5.41, 5.74) is 8.62. The smallest absolute Gasteiger partial charge is 0.338 e. The van der Waals surface area contributed by atoms with Crippen molar-refractivity contribution in [1.29, 1.82) is 5.41 Å². The first-order valence-electron chi connectivity index (χ1n) is 6.25. The number of halogens is 1. The van der Waals surface area contributed by atoms with Gasteiger partial charge in [0, 0.05) is 12.7 Å². The lowest BCUT2D eigenvalue weighted by atomic mass is 9.96. The van der Waals surface area contributed by atoms with E-state index >= 15 is 0 Å². The molecular formula is C15H19ClN2O3. The van der Waals surface area contributed by atoms with Crippen LogP contribution in [-0.4, -0.2) is 32.5 Å². The molecule has 0 saturated heterocycles. The Labute approximate surface area is 129 Å². The Morgan fingerprint density at radius 1 is 1.24 bits per heavy atom. The highest BCUT2D eigenvalue weighted by Crippen LogP contribution is 2.22. The van der Waals surface area contributed by atoms with Crippen molar-refractivity contribution in [2.24, 2.45) is 5.73 Å². The summed E-state index contributed by atoms with van der Waals surface area (Å²) in [4.78, 5) is 11.7. The van der Waals surface area contributed by atoms with E-state index in [1.165, 1.54) is 14.2 Å².